The van der Waals surface area contributed by atoms with Gasteiger partial charge in [0.15, 0.2) is 0 Å². The van der Waals surface area contributed by atoms with E-state index in [-0.39, 0.29) is 22.3 Å². The van der Waals surface area contributed by atoms with Gasteiger partial charge >= 0.3 is 0 Å². The van der Waals surface area contributed by atoms with E-state index < -0.39 is 20.5 Å². The number of nitro benzene ring substituents is 1. The number of benzene rings is 2. The van der Waals surface area contributed by atoms with E-state index in [1.807, 2.05) is 49.3 Å². The Hall–Kier alpha value is -2.49. The molecular formula is C20H28N4O4S. The molecule has 2 aromatic rings. The zero-order chi connectivity index (χ0) is 21.8. The third-order valence-corrected chi connectivity index (χ3v) is 5.97. The standard InChI is InChI=1S/C20H28N4O4S/c1-20(2,3)22-29(27,28)16-11-12-17(18(13-16)24(25)26)21-14-19(23(4)5)15-9-7-6-8-10-15/h6-13,19,21-22H,14H2,1-5H3/t19-/m1/s1. The van der Waals surface area contributed by atoms with Crippen molar-refractivity contribution in [2.45, 2.75) is 37.2 Å². The Balaban J connectivity index is 2.30. The molecule has 158 valence electrons. The first-order valence-corrected chi connectivity index (χ1v) is 10.7. The highest BCUT2D eigenvalue weighted by molar-refractivity contribution is 7.89. The molecule has 0 saturated carbocycles. The molecule has 29 heavy (non-hydrogen) atoms. The number of nitrogens with one attached hydrogen (secondary N) is 2. The monoisotopic (exact) mass is 420 g/mol. The molecule has 0 radical (unpaired) electrons. The lowest BCUT2D eigenvalue weighted by atomic mass is 10.1. The van der Waals surface area contributed by atoms with Crippen LogP contribution in [0.4, 0.5) is 11.4 Å². The molecule has 0 saturated heterocycles. The Morgan fingerprint density at radius 2 is 1.72 bits per heavy atom. The van der Waals surface area contributed by atoms with Gasteiger partial charge in [-0.05, 0) is 52.6 Å². The average molecular weight is 421 g/mol. The predicted molar refractivity (Wildman–Crippen MR) is 115 cm³/mol. The normalized spacial score (nSPS) is 13.3. The van der Waals surface area contributed by atoms with Gasteiger partial charge in [-0.1, -0.05) is 30.3 Å². The van der Waals surface area contributed by atoms with Crippen molar-refractivity contribution in [2.24, 2.45) is 0 Å². The molecular weight excluding hydrogens is 392 g/mol. The topological polar surface area (TPSA) is 105 Å². The summed E-state index contributed by atoms with van der Waals surface area (Å²) in [5.74, 6) is 0. The van der Waals surface area contributed by atoms with Gasteiger partial charge in [0.2, 0.25) is 10.0 Å². The van der Waals surface area contributed by atoms with Crippen LogP contribution in [0.2, 0.25) is 0 Å². The van der Waals surface area contributed by atoms with Gasteiger partial charge in [-0.15, -0.1) is 0 Å². The van der Waals surface area contributed by atoms with Gasteiger partial charge < -0.3 is 10.2 Å². The van der Waals surface area contributed by atoms with E-state index in [9.17, 15) is 18.5 Å². The van der Waals surface area contributed by atoms with Crippen LogP contribution in [0.3, 0.4) is 0 Å². The molecule has 0 aliphatic carbocycles. The average Bonchev–Trinajstić information content (AvgIpc) is 2.60. The van der Waals surface area contributed by atoms with Crippen molar-refractivity contribution in [2.75, 3.05) is 26.0 Å². The van der Waals surface area contributed by atoms with Gasteiger partial charge in [0.05, 0.1) is 15.9 Å². The van der Waals surface area contributed by atoms with Crippen LogP contribution in [-0.4, -0.2) is 44.4 Å². The lowest BCUT2D eigenvalue weighted by Crippen LogP contribution is -2.40. The molecule has 2 aromatic carbocycles. The van der Waals surface area contributed by atoms with E-state index >= 15 is 0 Å². The van der Waals surface area contributed by atoms with Crippen LogP contribution in [-0.2, 0) is 10.0 Å². The third kappa shape index (κ3) is 6.25. The fourth-order valence-electron chi connectivity index (χ4n) is 2.92. The highest BCUT2D eigenvalue weighted by atomic mass is 32.2. The van der Waals surface area contributed by atoms with Crippen molar-refractivity contribution in [1.29, 1.82) is 0 Å². The minimum atomic E-state index is -3.87. The van der Waals surface area contributed by atoms with Crippen molar-refractivity contribution in [3.63, 3.8) is 0 Å². The molecule has 0 fully saturated rings. The first kappa shape index (κ1) is 22.8. The summed E-state index contributed by atoms with van der Waals surface area (Å²) >= 11 is 0. The lowest BCUT2D eigenvalue weighted by molar-refractivity contribution is -0.384. The van der Waals surface area contributed by atoms with E-state index in [0.717, 1.165) is 11.6 Å². The number of likely N-dealkylation sites (N-methyl/N-ethyl adjacent to an activating group) is 1. The summed E-state index contributed by atoms with van der Waals surface area (Å²) < 4.78 is 27.5. The van der Waals surface area contributed by atoms with E-state index in [0.29, 0.717) is 6.54 Å². The molecule has 2 N–H and O–H groups in total. The third-order valence-electron chi connectivity index (χ3n) is 4.21. The summed E-state index contributed by atoms with van der Waals surface area (Å²) in [6, 6.07) is 13.7. The molecule has 0 amide bonds. The van der Waals surface area contributed by atoms with Gasteiger partial charge in [-0.3, -0.25) is 10.1 Å². The molecule has 2 rings (SSSR count). The quantitative estimate of drug-likeness (QED) is 0.501. The number of anilines is 1. The van der Waals surface area contributed by atoms with Crippen LogP contribution in [0, 0.1) is 10.1 Å². The van der Waals surface area contributed by atoms with E-state index in [1.54, 1.807) is 20.8 Å². The van der Waals surface area contributed by atoms with Crippen molar-refractivity contribution in [3.05, 3.63) is 64.2 Å². The van der Waals surface area contributed by atoms with Crippen LogP contribution < -0.4 is 10.0 Å². The smallest absolute Gasteiger partial charge is 0.293 e. The van der Waals surface area contributed by atoms with E-state index in [4.69, 9.17) is 0 Å². The number of nitro groups is 1. The second-order valence-electron chi connectivity index (χ2n) is 8.06. The van der Waals surface area contributed by atoms with Crippen LogP contribution in [0.5, 0.6) is 0 Å². The second-order valence-corrected chi connectivity index (χ2v) is 9.74. The molecule has 1 atom stereocenters. The minimum absolute atomic E-state index is 0.0122. The van der Waals surface area contributed by atoms with Crippen molar-refractivity contribution in [3.8, 4) is 0 Å². The number of hydrogen-bond donors (Lipinski definition) is 2. The van der Waals surface area contributed by atoms with Crippen LogP contribution in [0.25, 0.3) is 0 Å². The number of rotatable bonds is 8. The molecule has 0 heterocycles. The Morgan fingerprint density at radius 3 is 2.24 bits per heavy atom. The maximum Gasteiger partial charge on any atom is 0.293 e. The zero-order valence-corrected chi connectivity index (χ0v) is 18.2. The van der Waals surface area contributed by atoms with Gasteiger partial charge in [-0.25, -0.2) is 13.1 Å². The Labute approximate surface area is 172 Å². The molecule has 0 aliphatic heterocycles. The Bertz CT molecular complexity index is 954. The summed E-state index contributed by atoms with van der Waals surface area (Å²) in [6.45, 7) is 5.55. The zero-order valence-electron chi connectivity index (χ0n) is 17.3. The number of nitrogens with zero attached hydrogens (tertiary/aromatic N) is 2. The van der Waals surface area contributed by atoms with Gasteiger partial charge in [0.25, 0.3) is 5.69 Å². The maximum atomic E-state index is 12.5. The molecule has 0 unspecified atom stereocenters. The molecule has 9 heteroatoms. The summed E-state index contributed by atoms with van der Waals surface area (Å²) in [6.07, 6.45) is 0. The summed E-state index contributed by atoms with van der Waals surface area (Å²) in [5, 5.41) is 14.7. The first-order valence-electron chi connectivity index (χ1n) is 9.18. The number of hydrogen-bond acceptors (Lipinski definition) is 6. The van der Waals surface area contributed by atoms with Crippen molar-refractivity contribution in [1.82, 2.24) is 9.62 Å². The molecule has 0 aliphatic rings. The summed E-state index contributed by atoms with van der Waals surface area (Å²) in [7, 11) is -0.00462. The lowest BCUT2D eigenvalue weighted by Gasteiger charge is -2.25. The Morgan fingerprint density at radius 1 is 1.10 bits per heavy atom. The van der Waals surface area contributed by atoms with Crippen LogP contribution >= 0.6 is 0 Å². The van der Waals surface area contributed by atoms with Gasteiger partial charge in [-0.2, -0.15) is 0 Å². The molecule has 0 spiro atoms. The van der Waals surface area contributed by atoms with Gasteiger partial charge in [0, 0.05) is 18.2 Å². The summed E-state index contributed by atoms with van der Waals surface area (Å²) in [4.78, 5) is 12.9. The highest BCUT2D eigenvalue weighted by Gasteiger charge is 2.26. The largest absolute Gasteiger partial charge is 0.378 e. The van der Waals surface area contributed by atoms with E-state index in [2.05, 4.69) is 10.0 Å². The maximum absolute atomic E-state index is 12.5. The van der Waals surface area contributed by atoms with Crippen LogP contribution in [0.15, 0.2) is 53.4 Å². The predicted octanol–water partition coefficient (Wildman–Crippen LogP) is 3.39. The summed E-state index contributed by atoms with van der Waals surface area (Å²) in [5.41, 5.74) is 0.361. The fourth-order valence-corrected chi connectivity index (χ4v) is 4.36. The van der Waals surface area contributed by atoms with Crippen molar-refractivity contribution < 1.29 is 13.3 Å². The molecule has 0 aromatic heterocycles. The Kier molecular flexibility index (Phi) is 6.99. The SMILES string of the molecule is CN(C)[C@H](CNc1ccc(S(=O)(=O)NC(C)(C)C)cc1[N+](=O)[O-])c1ccccc1. The van der Waals surface area contributed by atoms with Crippen LogP contribution in [0.1, 0.15) is 32.4 Å². The molecule has 0 bridgehead atoms. The minimum Gasteiger partial charge on any atom is -0.378 e. The van der Waals surface area contributed by atoms with Crippen molar-refractivity contribution >= 4 is 21.4 Å². The highest BCUT2D eigenvalue weighted by Crippen LogP contribution is 2.29. The fraction of sp³-hybridized carbons (Fsp3) is 0.400. The number of sulfonamides is 1. The van der Waals surface area contributed by atoms with Gasteiger partial charge in [0.1, 0.15) is 5.69 Å². The molecule has 8 nitrogen and oxygen atoms in total. The van der Waals surface area contributed by atoms with E-state index in [1.165, 1.54) is 12.1 Å². The first-order chi connectivity index (χ1) is 13.4. The second kappa shape index (κ2) is 8.89.